The van der Waals surface area contributed by atoms with Gasteiger partial charge in [0.2, 0.25) is 0 Å². The Morgan fingerprint density at radius 3 is 2.68 bits per heavy atom. The van der Waals surface area contributed by atoms with Gasteiger partial charge in [0, 0.05) is 0 Å². The highest BCUT2D eigenvalue weighted by Crippen LogP contribution is 2.31. The number of phenolic OH excluding ortho intramolecular Hbond substituents is 1. The second kappa shape index (κ2) is 5.63. The molecule has 2 aromatic rings. The summed E-state index contributed by atoms with van der Waals surface area (Å²) in [6.07, 6.45) is 0. The highest BCUT2D eigenvalue weighted by molar-refractivity contribution is 9.10. The second-order valence-electron chi connectivity index (χ2n) is 4.03. The maximum absolute atomic E-state index is 12.1. The second-order valence-corrected chi connectivity index (χ2v) is 5.23. The van der Waals surface area contributed by atoms with E-state index < -0.39 is 0 Å². The smallest absolute Gasteiger partial charge is 0.259 e. The highest BCUT2D eigenvalue weighted by atomic mass is 79.9. The molecule has 0 aliphatic heterocycles. The van der Waals surface area contributed by atoms with E-state index in [0.717, 1.165) is 0 Å². The number of hydrogen-bond donors (Lipinski definition) is 2. The number of hydrogen-bond acceptors (Lipinski definition) is 2. The molecule has 0 atom stereocenters. The van der Waals surface area contributed by atoms with E-state index in [4.69, 9.17) is 11.6 Å². The zero-order chi connectivity index (χ0) is 14.0. The third kappa shape index (κ3) is 2.91. The summed E-state index contributed by atoms with van der Waals surface area (Å²) in [5, 5.41) is 13.1. The molecule has 0 spiro atoms. The molecule has 19 heavy (non-hydrogen) atoms. The average Bonchev–Trinajstić information content (AvgIpc) is 2.38. The van der Waals surface area contributed by atoms with Gasteiger partial charge in [0.05, 0.1) is 20.7 Å². The third-order valence-corrected chi connectivity index (χ3v) is 4.08. The van der Waals surface area contributed by atoms with Crippen molar-refractivity contribution in [3.63, 3.8) is 0 Å². The number of carbonyl (C=O) groups is 1. The molecule has 0 saturated heterocycles. The average molecular weight is 341 g/mol. The van der Waals surface area contributed by atoms with E-state index in [2.05, 4.69) is 21.2 Å². The molecule has 0 aliphatic rings. The summed E-state index contributed by atoms with van der Waals surface area (Å²) >= 11 is 9.26. The standard InChI is InChI=1S/C14H11BrClNO2/c1-8-4-2-5-9(13(8)18)14(19)17-11-7-3-6-10(16)12(11)15/h2-7,18H,1H3,(H,17,19). The number of rotatable bonds is 2. The van der Waals surface area contributed by atoms with Crippen LogP contribution in [0.25, 0.3) is 0 Å². The predicted octanol–water partition coefficient (Wildman–Crippen LogP) is 4.37. The van der Waals surface area contributed by atoms with E-state index in [-0.39, 0.29) is 17.2 Å². The fourth-order valence-corrected chi connectivity index (χ4v) is 2.17. The Kier molecular flexibility index (Phi) is 4.12. The number of anilines is 1. The number of benzene rings is 2. The number of amides is 1. The molecule has 98 valence electrons. The van der Waals surface area contributed by atoms with Gasteiger partial charge in [-0.15, -0.1) is 0 Å². The Balaban J connectivity index is 2.31. The van der Waals surface area contributed by atoms with Crippen LogP contribution < -0.4 is 5.32 Å². The number of aromatic hydroxyl groups is 1. The SMILES string of the molecule is Cc1cccc(C(=O)Nc2cccc(Cl)c2Br)c1O. The quantitative estimate of drug-likeness (QED) is 0.853. The lowest BCUT2D eigenvalue weighted by atomic mass is 10.1. The Labute approximate surface area is 124 Å². The molecule has 5 heteroatoms. The van der Waals surface area contributed by atoms with Crippen molar-refractivity contribution >= 4 is 39.1 Å². The van der Waals surface area contributed by atoms with Crippen molar-refractivity contribution in [2.45, 2.75) is 6.92 Å². The lowest BCUT2D eigenvalue weighted by Gasteiger charge is -2.10. The lowest BCUT2D eigenvalue weighted by molar-refractivity contribution is 0.102. The molecule has 0 saturated carbocycles. The topological polar surface area (TPSA) is 49.3 Å². The summed E-state index contributed by atoms with van der Waals surface area (Å²) in [6, 6.07) is 10.2. The fourth-order valence-electron chi connectivity index (χ4n) is 1.63. The van der Waals surface area contributed by atoms with Crippen LogP contribution in [-0.4, -0.2) is 11.0 Å². The molecule has 0 aliphatic carbocycles. The first kappa shape index (κ1) is 13.9. The zero-order valence-electron chi connectivity index (χ0n) is 10.1. The first-order valence-electron chi connectivity index (χ1n) is 5.54. The molecule has 2 N–H and O–H groups in total. The minimum Gasteiger partial charge on any atom is -0.507 e. The van der Waals surface area contributed by atoms with Gasteiger partial charge in [0.1, 0.15) is 5.75 Å². The van der Waals surface area contributed by atoms with Crippen molar-refractivity contribution < 1.29 is 9.90 Å². The summed E-state index contributed by atoms with van der Waals surface area (Å²) in [5.74, 6) is -0.401. The van der Waals surface area contributed by atoms with Crippen molar-refractivity contribution in [1.82, 2.24) is 0 Å². The molecule has 0 radical (unpaired) electrons. The number of para-hydroxylation sites is 1. The van der Waals surface area contributed by atoms with Gasteiger partial charge in [0.15, 0.2) is 0 Å². The maximum Gasteiger partial charge on any atom is 0.259 e. The first-order chi connectivity index (χ1) is 9.00. The number of nitrogens with one attached hydrogen (secondary N) is 1. The minimum atomic E-state index is -0.385. The summed E-state index contributed by atoms with van der Waals surface area (Å²) < 4.78 is 0.608. The van der Waals surface area contributed by atoms with Crippen molar-refractivity contribution in [1.29, 1.82) is 0 Å². The van der Waals surface area contributed by atoms with Crippen LogP contribution in [0.3, 0.4) is 0 Å². The number of aryl methyl sites for hydroxylation is 1. The van der Waals surface area contributed by atoms with Crippen LogP contribution in [0.4, 0.5) is 5.69 Å². The Hall–Kier alpha value is -1.52. The number of carbonyl (C=O) groups excluding carboxylic acids is 1. The Morgan fingerprint density at radius 1 is 1.26 bits per heavy atom. The van der Waals surface area contributed by atoms with Crippen LogP contribution >= 0.6 is 27.5 Å². The molecular formula is C14H11BrClNO2. The van der Waals surface area contributed by atoms with Crippen molar-refractivity contribution in [2.75, 3.05) is 5.32 Å². The summed E-state index contributed by atoms with van der Waals surface area (Å²) in [7, 11) is 0. The molecular weight excluding hydrogens is 330 g/mol. The predicted molar refractivity (Wildman–Crippen MR) is 79.9 cm³/mol. The zero-order valence-corrected chi connectivity index (χ0v) is 12.4. The number of halogens is 2. The van der Waals surface area contributed by atoms with E-state index >= 15 is 0 Å². The number of phenols is 1. The van der Waals surface area contributed by atoms with Gasteiger partial charge in [-0.25, -0.2) is 0 Å². The van der Waals surface area contributed by atoms with Crippen LogP contribution in [-0.2, 0) is 0 Å². The molecule has 3 nitrogen and oxygen atoms in total. The summed E-state index contributed by atoms with van der Waals surface area (Å²) in [6.45, 7) is 1.74. The summed E-state index contributed by atoms with van der Waals surface area (Å²) in [5.41, 5.74) is 1.43. The van der Waals surface area contributed by atoms with Gasteiger partial charge in [-0.1, -0.05) is 29.8 Å². The first-order valence-corrected chi connectivity index (χ1v) is 6.71. The van der Waals surface area contributed by atoms with Gasteiger partial charge in [-0.2, -0.15) is 0 Å². The molecule has 0 unspecified atom stereocenters. The van der Waals surface area contributed by atoms with Crippen LogP contribution in [0.2, 0.25) is 5.02 Å². The van der Waals surface area contributed by atoms with Gasteiger partial charge in [-0.05, 0) is 46.6 Å². The Bertz CT molecular complexity index is 643. The van der Waals surface area contributed by atoms with Crippen molar-refractivity contribution in [2.24, 2.45) is 0 Å². The van der Waals surface area contributed by atoms with Crippen LogP contribution in [0.1, 0.15) is 15.9 Å². The van der Waals surface area contributed by atoms with Gasteiger partial charge >= 0.3 is 0 Å². The molecule has 1 amide bonds. The van der Waals surface area contributed by atoms with Crippen molar-refractivity contribution in [3.05, 3.63) is 57.0 Å². The van der Waals surface area contributed by atoms with E-state index in [0.29, 0.717) is 20.7 Å². The maximum atomic E-state index is 12.1. The Morgan fingerprint density at radius 2 is 1.95 bits per heavy atom. The molecule has 0 heterocycles. The van der Waals surface area contributed by atoms with Gasteiger partial charge in [0.25, 0.3) is 5.91 Å². The largest absolute Gasteiger partial charge is 0.507 e. The lowest BCUT2D eigenvalue weighted by Crippen LogP contribution is -2.12. The van der Waals surface area contributed by atoms with E-state index in [9.17, 15) is 9.90 Å². The van der Waals surface area contributed by atoms with E-state index in [1.165, 1.54) is 0 Å². The fraction of sp³-hybridized carbons (Fsp3) is 0.0714. The highest BCUT2D eigenvalue weighted by Gasteiger charge is 2.14. The monoisotopic (exact) mass is 339 g/mol. The molecule has 0 bridgehead atoms. The molecule has 2 aromatic carbocycles. The third-order valence-electron chi connectivity index (χ3n) is 2.68. The molecule has 0 fully saturated rings. The van der Waals surface area contributed by atoms with Gasteiger partial charge < -0.3 is 10.4 Å². The molecule has 2 rings (SSSR count). The minimum absolute atomic E-state index is 0.0156. The summed E-state index contributed by atoms with van der Waals surface area (Å²) in [4.78, 5) is 12.1. The van der Waals surface area contributed by atoms with Crippen LogP contribution in [0.5, 0.6) is 5.75 Å². The normalized spacial score (nSPS) is 10.3. The van der Waals surface area contributed by atoms with Crippen molar-refractivity contribution in [3.8, 4) is 5.75 Å². The van der Waals surface area contributed by atoms with E-state index in [1.54, 1.807) is 43.3 Å². The van der Waals surface area contributed by atoms with Gasteiger partial charge in [-0.3, -0.25) is 4.79 Å². The van der Waals surface area contributed by atoms with E-state index in [1.807, 2.05) is 0 Å². The van der Waals surface area contributed by atoms with Crippen LogP contribution in [0, 0.1) is 6.92 Å². The van der Waals surface area contributed by atoms with Crippen LogP contribution in [0.15, 0.2) is 40.9 Å². The molecule has 0 aromatic heterocycles.